The van der Waals surface area contributed by atoms with Gasteiger partial charge in [0, 0.05) is 28.6 Å². The highest BCUT2D eigenvalue weighted by atomic mass is 79.9. The standard InChI is InChI=1S/C18H21BrN4O/c1-12-9-14(19)7-8-16(12)23-18-20-10-13(11-21-18)17(24)22-15-5-3-2-4-6-15/h7-11,15H,2-6H2,1H3,(H,22,24)(H,20,21,23). The molecule has 0 unspecified atom stereocenters. The zero-order valence-corrected chi connectivity index (χ0v) is 15.3. The van der Waals surface area contributed by atoms with E-state index in [1.807, 2.05) is 25.1 Å². The molecule has 0 bridgehead atoms. The number of hydrogen-bond donors (Lipinski definition) is 2. The Balaban J connectivity index is 1.63. The van der Waals surface area contributed by atoms with Gasteiger partial charge in [0.05, 0.1) is 5.56 Å². The highest BCUT2D eigenvalue weighted by molar-refractivity contribution is 9.10. The van der Waals surface area contributed by atoms with Crippen molar-refractivity contribution in [2.75, 3.05) is 5.32 Å². The number of anilines is 2. The maximum atomic E-state index is 12.3. The van der Waals surface area contributed by atoms with Crippen molar-refractivity contribution < 1.29 is 4.79 Å². The lowest BCUT2D eigenvalue weighted by molar-refractivity contribution is 0.0927. The summed E-state index contributed by atoms with van der Waals surface area (Å²) in [5.41, 5.74) is 2.53. The van der Waals surface area contributed by atoms with Crippen molar-refractivity contribution in [3.8, 4) is 0 Å². The number of amides is 1. The molecule has 0 spiro atoms. The Labute approximate surface area is 150 Å². The molecule has 0 radical (unpaired) electrons. The average Bonchev–Trinajstić information content (AvgIpc) is 2.59. The van der Waals surface area contributed by atoms with E-state index in [0.29, 0.717) is 11.5 Å². The number of aryl methyl sites for hydroxylation is 1. The summed E-state index contributed by atoms with van der Waals surface area (Å²) in [6.45, 7) is 2.01. The summed E-state index contributed by atoms with van der Waals surface area (Å²) in [7, 11) is 0. The van der Waals surface area contributed by atoms with Gasteiger partial charge in [0.1, 0.15) is 0 Å². The predicted molar refractivity (Wildman–Crippen MR) is 98.5 cm³/mol. The number of carbonyl (C=O) groups is 1. The summed E-state index contributed by atoms with van der Waals surface area (Å²) >= 11 is 3.44. The van der Waals surface area contributed by atoms with Crippen LogP contribution in [0.5, 0.6) is 0 Å². The van der Waals surface area contributed by atoms with Gasteiger partial charge in [0.2, 0.25) is 5.95 Å². The molecule has 3 rings (SSSR count). The molecule has 1 amide bonds. The van der Waals surface area contributed by atoms with Gasteiger partial charge in [0.15, 0.2) is 0 Å². The molecule has 2 aromatic rings. The molecule has 6 heteroatoms. The summed E-state index contributed by atoms with van der Waals surface area (Å²) in [5, 5.41) is 6.25. The molecule has 1 aromatic heterocycles. The van der Waals surface area contributed by atoms with Crippen molar-refractivity contribution in [2.45, 2.75) is 45.1 Å². The molecule has 126 valence electrons. The number of benzene rings is 1. The van der Waals surface area contributed by atoms with Gasteiger partial charge in [-0.1, -0.05) is 35.2 Å². The fourth-order valence-electron chi connectivity index (χ4n) is 2.91. The number of hydrogen-bond acceptors (Lipinski definition) is 4. The average molecular weight is 389 g/mol. The molecule has 2 N–H and O–H groups in total. The molecule has 0 atom stereocenters. The van der Waals surface area contributed by atoms with Crippen molar-refractivity contribution in [3.05, 3.63) is 46.2 Å². The highest BCUT2D eigenvalue weighted by Crippen LogP contribution is 2.22. The molecule has 1 aliphatic carbocycles. The first-order valence-corrected chi connectivity index (χ1v) is 9.07. The molecule has 24 heavy (non-hydrogen) atoms. The van der Waals surface area contributed by atoms with Crippen molar-refractivity contribution >= 4 is 33.5 Å². The third-order valence-electron chi connectivity index (χ3n) is 4.29. The van der Waals surface area contributed by atoms with Crippen LogP contribution in [0.1, 0.15) is 48.0 Å². The molecule has 1 aromatic carbocycles. The summed E-state index contributed by atoms with van der Waals surface area (Å²) in [6, 6.07) is 6.23. The van der Waals surface area contributed by atoms with E-state index >= 15 is 0 Å². The summed E-state index contributed by atoms with van der Waals surface area (Å²) in [6.07, 6.45) is 8.92. The summed E-state index contributed by atoms with van der Waals surface area (Å²) in [5.74, 6) is 0.392. The second-order valence-corrected chi connectivity index (χ2v) is 7.10. The number of aromatic nitrogens is 2. The van der Waals surface area contributed by atoms with Crippen LogP contribution in [-0.4, -0.2) is 21.9 Å². The van der Waals surface area contributed by atoms with Crippen LogP contribution in [0.2, 0.25) is 0 Å². The Hall–Kier alpha value is -1.95. The SMILES string of the molecule is Cc1cc(Br)ccc1Nc1ncc(C(=O)NC2CCCCC2)cn1. The Morgan fingerprint density at radius 1 is 1.17 bits per heavy atom. The number of carbonyl (C=O) groups excluding carboxylic acids is 1. The smallest absolute Gasteiger partial charge is 0.254 e. The molecule has 0 aliphatic heterocycles. The Morgan fingerprint density at radius 3 is 2.54 bits per heavy atom. The minimum absolute atomic E-state index is 0.0896. The second kappa shape index (κ2) is 7.75. The van der Waals surface area contributed by atoms with Crippen molar-refractivity contribution in [3.63, 3.8) is 0 Å². The lowest BCUT2D eigenvalue weighted by atomic mass is 9.95. The molecule has 1 aliphatic rings. The van der Waals surface area contributed by atoms with E-state index in [-0.39, 0.29) is 11.9 Å². The van der Waals surface area contributed by atoms with E-state index < -0.39 is 0 Å². The van der Waals surface area contributed by atoms with Crippen LogP contribution in [0.4, 0.5) is 11.6 Å². The zero-order chi connectivity index (χ0) is 16.9. The molecule has 1 fully saturated rings. The maximum absolute atomic E-state index is 12.3. The first-order chi connectivity index (χ1) is 11.6. The van der Waals surface area contributed by atoms with Gasteiger partial charge < -0.3 is 10.6 Å². The number of halogens is 1. The van der Waals surface area contributed by atoms with Crippen LogP contribution in [0.25, 0.3) is 0 Å². The fourth-order valence-corrected chi connectivity index (χ4v) is 3.39. The van der Waals surface area contributed by atoms with E-state index in [4.69, 9.17) is 0 Å². The van der Waals surface area contributed by atoms with E-state index in [1.165, 1.54) is 19.3 Å². The van der Waals surface area contributed by atoms with Gasteiger partial charge in [-0.25, -0.2) is 9.97 Å². The normalized spacial score (nSPS) is 15.1. The molecule has 5 nitrogen and oxygen atoms in total. The van der Waals surface area contributed by atoms with E-state index in [2.05, 4.69) is 36.5 Å². The zero-order valence-electron chi connectivity index (χ0n) is 13.7. The second-order valence-electron chi connectivity index (χ2n) is 6.19. The topological polar surface area (TPSA) is 66.9 Å². The van der Waals surface area contributed by atoms with Crippen LogP contribution >= 0.6 is 15.9 Å². The monoisotopic (exact) mass is 388 g/mol. The van der Waals surface area contributed by atoms with E-state index in [1.54, 1.807) is 12.4 Å². The maximum Gasteiger partial charge on any atom is 0.254 e. The van der Waals surface area contributed by atoms with Gasteiger partial charge >= 0.3 is 0 Å². The van der Waals surface area contributed by atoms with Crippen LogP contribution in [0.15, 0.2) is 35.1 Å². The number of rotatable bonds is 4. The van der Waals surface area contributed by atoms with E-state index in [9.17, 15) is 4.79 Å². The van der Waals surface area contributed by atoms with Gasteiger partial charge in [-0.3, -0.25) is 4.79 Å². The van der Waals surface area contributed by atoms with Crippen molar-refractivity contribution in [1.82, 2.24) is 15.3 Å². The first-order valence-electron chi connectivity index (χ1n) is 8.28. The minimum atomic E-state index is -0.0896. The van der Waals surface area contributed by atoms with Crippen molar-refractivity contribution in [1.29, 1.82) is 0 Å². The highest BCUT2D eigenvalue weighted by Gasteiger charge is 2.17. The van der Waals surface area contributed by atoms with Crippen LogP contribution < -0.4 is 10.6 Å². The molecule has 1 heterocycles. The summed E-state index contributed by atoms with van der Waals surface area (Å²) < 4.78 is 1.03. The van der Waals surface area contributed by atoms with Crippen LogP contribution in [-0.2, 0) is 0 Å². The fraction of sp³-hybridized carbons (Fsp3) is 0.389. The van der Waals surface area contributed by atoms with Gasteiger partial charge in [-0.2, -0.15) is 0 Å². The third-order valence-corrected chi connectivity index (χ3v) is 4.78. The lowest BCUT2D eigenvalue weighted by Gasteiger charge is -2.22. The molecular weight excluding hydrogens is 368 g/mol. The molecule has 1 saturated carbocycles. The first kappa shape index (κ1) is 16.9. The van der Waals surface area contributed by atoms with Gasteiger partial charge in [-0.05, 0) is 43.5 Å². The van der Waals surface area contributed by atoms with Crippen molar-refractivity contribution in [2.24, 2.45) is 0 Å². The molecule has 0 saturated heterocycles. The quantitative estimate of drug-likeness (QED) is 0.816. The lowest BCUT2D eigenvalue weighted by Crippen LogP contribution is -2.36. The van der Waals surface area contributed by atoms with Gasteiger partial charge in [0.25, 0.3) is 5.91 Å². The van der Waals surface area contributed by atoms with Crippen LogP contribution in [0, 0.1) is 6.92 Å². The van der Waals surface area contributed by atoms with Gasteiger partial charge in [-0.15, -0.1) is 0 Å². The summed E-state index contributed by atoms with van der Waals surface area (Å²) in [4.78, 5) is 20.8. The number of nitrogens with one attached hydrogen (secondary N) is 2. The van der Waals surface area contributed by atoms with Crippen LogP contribution in [0.3, 0.4) is 0 Å². The Kier molecular flexibility index (Phi) is 5.45. The largest absolute Gasteiger partial charge is 0.349 e. The predicted octanol–water partition coefficient (Wildman–Crippen LogP) is 4.35. The number of nitrogens with zero attached hydrogens (tertiary/aromatic N) is 2. The Bertz CT molecular complexity index is 711. The van der Waals surface area contributed by atoms with E-state index in [0.717, 1.165) is 28.6 Å². The molecular formula is C18H21BrN4O. The Morgan fingerprint density at radius 2 is 1.88 bits per heavy atom. The minimum Gasteiger partial charge on any atom is -0.349 e. The third kappa shape index (κ3) is 4.32.